The van der Waals surface area contributed by atoms with E-state index in [1.165, 1.54) is 0 Å². The highest BCUT2D eigenvalue weighted by molar-refractivity contribution is 6.42. The highest BCUT2D eigenvalue weighted by atomic mass is 35.5. The number of nitrogens with two attached hydrogens (primary N) is 1. The number of carbonyl (C=O) groups excluding carboxylic acids is 1. The summed E-state index contributed by atoms with van der Waals surface area (Å²) in [6, 6.07) is 3.79. The van der Waals surface area contributed by atoms with E-state index in [0.717, 1.165) is 25.7 Å². The van der Waals surface area contributed by atoms with Crippen LogP contribution in [-0.2, 0) is 4.79 Å². The van der Waals surface area contributed by atoms with Crippen LogP contribution in [0.3, 0.4) is 0 Å². The van der Waals surface area contributed by atoms with Crippen molar-refractivity contribution in [2.75, 3.05) is 6.54 Å². The number of hydrogen-bond acceptors (Lipinski definition) is 3. The Hall–Kier alpha value is -0.970. The molecular weight excluding hydrogens is 335 g/mol. The van der Waals surface area contributed by atoms with Gasteiger partial charge < -0.3 is 15.7 Å². The Morgan fingerprint density at radius 2 is 1.91 bits per heavy atom. The first kappa shape index (κ1) is 15.6. The number of benzene rings is 1. The van der Waals surface area contributed by atoms with Crippen LogP contribution in [0.1, 0.15) is 43.6 Å². The van der Waals surface area contributed by atoms with Gasteiger partial charge in [0.25, 0.3) is 0 Å². The molecular formula is C17H20Cl2N2O2. The van der Waals surface area contributed by atoms with Gasteiger partial charge in [0.05, 0.1) is 10.0 Å². The first-order chi connectivity index (χ1) is 10.9. The molecule has 4 nitrogen and oxygen atoms in total. The summed E-state index contributed by atoms with van der Waals surface area (Å²) in [5.41, 5.74) is 6.91. The molecule has 0 aromatic heterocycles. The van der Waals surface area contributed by atoms with E-state index in [1.54, 1.807) is 12.1 Å². The predicted octanol–water partition coefficient (Wildman–Crippen LogP) is 3.28. The fourth-order valence-electron chi connectivity index (χ4n) is 4.77. The lowest BCUT2D eigenvalue weighted by Gasteiger charge is -2.58. The molecule has 0 bridgehead atoms. The number of hydrogen-bond donors (Lipinski definition) is 2. The fourth-order valence-corrected chi connectivity index (χ4v) is 5.25. The van der Waals surface area contributed by atoms with Crippen LogP contribution < -0.4 is 5.73 Å². The van der Waals surface area contributed by atoms with Crippen molar-refractivity contribution in [3.05, 3.63) is 27.7 Å². The first-order valence-corrected chi connectivity index (χ1v) is 8.86. The van der Waals surface area contributed by atoms with Gasteiger partial charge in [0.1, 0.15) is 5.75 Å². The maximum absolute atomic E-state index is 12.4. The van der Waals surface area contributed by atoms with Crippen LogP contribution in [-0.4, -0.2) is 34.5 Å². The number of likely N-dealkylation sites (tertiary alicyclic amines) is 1. The van der Waals surface area contributed by atoms with Gasteiger partial charge in [-0.25, -0.2) is 0 Å². The molecule has 3 N–H and O–H groups in total. The molecule has 6 heteroatoms. The Bertz CT molecular complexity index is 665. The SMILES string of the molecule is NC1CC2(C1)CC(N1CC(c3c(O)ccc(Cl)c3Cl)CC1=O)C2. The normalized spacial score (nSPS) is 36.2. The molecule has 23 heavy (non-hydrogen) atoms. The van der Waals surface area contributed by atoms with Gasteiger partial charge in [-0.3, -0.25) is 4.79 Å². The molecule has 1 atom stereocenters. The minimum absolute atomic E-state index is 0.0890. The zero-order valence-electron chi connectivity index (χ0n) is 12.8. The fraction of sp³-hybridized carbons (Fsp3) is 0.588. The summed E-state index contributed by atoms with van der Waals surface area (Å²) in [6.07, 6.45) is 4.70. The zero-order chi connectivity index (χ0) is 16.4. The third-order valence-corrected chi connectivity index (χ3v) is 6.66. The van der Waals surface area contributed by atoms with E-state index in [1.807, 2.05) is 4.90 Å². The minimum atomic E-state index is -0.0890. The lowest BCUT2D eigenvalue weighted by Crippen LogP contribution is -2.59. The molecule has 1 unspecified atom stereocenters. The first-order valence-electron chi connectivity index (χ1n) is 8.10. The van der Waals surface area contributed by atoms with Crippen LogP contribution in [0.15, 0.2) is 12.1 Å². The molecule has 2 saturated carbocycles. The number of phenolic OH excluding ortho intramolecular Hbond substituents is 1. The summed E-state index contributed by atoms with van der Waals surface area (Å²) in [4.78, 5) is 14.4. The molecule has 1 aromatic rings. The van der Waals surface area contributed by atoms with Crippen LogP contribution in [0.2, 0.25) is 10.0 Å². The van der Waals surface area contributed by atoms with Crippen molar-refractivity contribution >= 4 is 29.1 Å². The van der Waals surface area contributed by atoms with Crippen molar-refractivity contribution in [1.82, 2.24) is 4.90 Å². The Kier molecular flexibility index (Phi) is 3.56. The van der Waals surface area contributed by atoms with Gasteiger partial charge in [0.2, 0.25) is 5.91 Å². The zero-order valence-corrected chi connectivity index (χ0v) is 14.3. The van der Waals surface area contributed by atoms with Gasteiger partial charge in [-0.15, -0.1) is 0 Å². The molecule has 3 aliphatic rings. The highest BCUT2D eigenvalue weighted by Crippen LogP contribution is 2.57. The molecule has 1 heterocycles. The highest BCUT2D eigenvalue weighted by Gasteiger charge is 2.55. The second-order valence-electron chi connectivity index (χ2n) is 7.47. The van der Waals surface area contributed by atoms with Gasteiger partial charge in [-0.05, 0) is 43.2 Å². The summed E-state index contributed by atoms with van der Waals surface area (Å²) >= 11 is 12.3. The standard InChI is InChI=1S/C17H20Cl2N2O2/c18-12-1-2-13(22)15(16(12)19)9-3-14(23)21(8-9)11-6-17(7-11)4-10(20)5-17/h1-2,9-11,22H,3-8,20H2. The van der Waals surface area contributed by atoms with Gasteiger partial charge >= 0.3 is 0 Å². The third-order valence-electron chi connectivity index (χ3n) is 5.84. The Labute approximate surface area is 145 Å². The number of rotatable bonds is 2. The molecule has 3 fully saturated rings. The summed E-state index contributed by atoms with van der Waals surface area (Å²) < 4.78 is 0. The average molecular weight is 355 g/mol. The van der Waals surface area contributed by atoms with Crippen LogP contribution in [0, 0.1) is 5.41 Å². The van der Waals surface area contributed by atoms with Crippen LogP contribution in [0.25, 0.3) is 0 Å². The molecule has 0 radical (unpaired) electrons. The van der Waals surface area contributed by atoms with E-state index in [9.17, 15) is 9.90 Å². The molecule has 2 aliphatic carbocycles. The second kappa shape index (κ2) is 5.27. The molecule has 1 aromatic carbocycles. The van der Waals surface area contributed by atoms with Crippen LogP contribution >= 0.6 is 23.2 Å². The van der Waals surface area contributed by atoms with Crippen LogP contribution in [0.5, 0.6) is 5.75 Å². The number of aromatic hydroxyl groups is 1. The molecule has 124 valence electrons. The van der Waals surface area contributed by atoms with Gasteiger partial charge in [-0.1, -0.05) is 23.2 Å². The largest absolute Gasteiger partial charge is 0.508 e. The van der Waals surface area contributed by atoms with Crippen molar-refractivity contribution in [3.63, 3.8) is 0 Å². The summed E-state index contributed by atoms with van der Waals surface area (Å²) in [6.45, 7) is 0.610. The Morgan fingerprint density at radius 1 is 1.22 bits per heavy atom. The summed E-state index contributed by atoms with van der Waals surface area (Å²) in [7, 11) is 0. The van der Waals surface area contributed by atoms with Crippen LogP contribution in [0.4, 0.5) is 0 Å². The quantitative estimate of drug-likeness (QED) is 0.856. The van der Waals surface area contributed by atoms with E-state index in [-0.39, 0.29) is 17.6 Å². The number of carbonyl (C=O) groups is 1. The number of nitrogens with zero attached hydrogens (tertiary/aromatic N) is 1. The van der Waals surface area contributed by atoms with Gasteiger partial charge in [0.15, 0.2) is 0 Å². The van der Waals surface area contributed by atoms with E-state index in [2.05, 4.69) is 0 Å². The number of phenols is 1. The van der Waals surface area contributed by atoms with E-state index >= 15 is 0 Å². The molecule has 1 amide bonds. The minimum Gasteiger partial charge on any atom is -0.508 e. The summed E-state index contributed by atoms with van der Waals surface area (Å²) in [5, 5.41) is 10.9. The maximum Gasteiger partial charge on any atom is 0.223 e. The van der Waals surface area contributed by atoms with Crippen molar-refractivity contribution < 1.29 is 9.90 Å². The monoisotopic (exact) mass is 354 g/mol. The van der Waals surface area contributed by atoms with E-state index in [4.69, 9.17) is 28.9 Å². The molecule has 4 rings (SSSR count). The average Bonchev–Trinajstić information content (AvgIpc) is 2.78. The van der Waals surface area contributed by atoms with Crippen molar-refractivity contribution in [2.24, 2.45) is 11.1 Å². The second-order valence-corrected chi connectivity index (χ2v) is 8.26. The van der Waals surface area contributed by atoms with Crippen molar-refractivity contribution in [1.29, 1.82) is 0 Å². The third kappa shape index (κ3) is 2.43. The smallest absolute Gasteiger partial charge is 0.223 e. The number of halogens is 2. The Morgan fingerprint density at radius 3 is 2.57 bits per heavy atom. The van der Waals surface area contributed by atoms with E-state index < -0.39 is 0 Å². The Balaban J connectivity index is 1.48. The lowest BCUT2D eigenvalue weighted by molar-refractivity contribution is -0.138. The van der Waals surface area contributed by atoms with Gasteiger partial charge in [0, 0.05) is 36.5 Å². The van der Waals surface area contributed by atoms with E-state index in [0.29, 0.717) is 46.1 Å². The maximum atomic E-state index is 12.4. The lowest BCUT2D eigenvalue weighted by atomic mass is 9.52. The van der Waals surface area contributed by atoms with Gasteiger partial charge in [-0.2, -0.15) is 0 Å². The molecule has 1 spiro atoms. The molecule has 1 aliphatic heterocycles. The van der Waals surface area contributed by atoms with Crippen molar-refractivity contribution in [3.8, 4) is 5.75 Å². The number of amides is 1. The predicted molar refractivity (Wildman–Crippen MR) is 89.9 cm³/mol. The van der Waals surface area contributed by atoms with Crippen molar-refractivity contribution in [2.45, 2.75) is 50.1 Å². The summed E-state index contributed by atoms with van der Waals surface area (Å²) in [5.74, 6) is 0.178. The topological polar surface area (TPSA) is 66.6 Å². The molecule has 1 saturated heterocycles.